The van der Waals surface area contributed by atoms with Crippen LogP contribution in [0.1, 0.15) is 53.8 Å². The summed E-state index contributed by atoms with van der Waals surface area (Å²) in [5, 5.41) is 11.2. The number of rotatable bonds is 9. The highest BCUT2D eigenvalue weighted by Crippen LogP contribution is 2.26. The molecule has 0 unspecified atom stereocenters. The summed E-state index contributed by atoms with van der Waals surface area (Å²) in [5.74, 6) is 0.877. The minimum absolute atomic E-state index is 0.0121. The molecule has 1 N–H and O–H groups in total. The van der Waals surface area contributed by atoms with Crippen molar-refractivity contribution in [3.8, 4) is 17.3 Å². The minimum Gasteiger partial charge on any atom is -0.371 e. The van der Waals surface area contributed by atoms with E-state index >= 15 is 0 Å². The second-order valence-corrected chi connectivity index (χ2v) is 10.2. The summed E-state index contributed by atoms with van der Waals surface area (Å²) in [5.41, 5.74) is 4.82. The lowest BCUT2D eigenvalue weighted by Crippen LogP contribution is -2.45. The van der Waals surface area contributed by atoms with Crippen LogP contribution in [0.4, 0.5) is 5.69 Å². The maximum Gasteiger partial charge on any atom is 0.252 e. The number of hydrogen-bond donors (Lipinski definition) is 1. The summed E-state index contributed by atoms with van der Waals surface area (Å²) < 4.78 is 0. The first kappa shape index (κ1) is 26.4. The van der Waals surface area contributed by atoms with Crippen LogP contribution in [-0.4, -0.2) is 58.9 Å². The Morgan fingerprint density at radius 3 is 2.46 bits per heavy atom. The molecule has 2 aliphatic heterocycles. The largest absolute Gasteiger partial charge is 0.371 e. The average Bonchev–Trinajstić information content (AvgIpc) is 3.42. The van der Waals surface area contributed by atoms with Gasteiger partial charge in [0.2, 0.25) is 5.91 Å². The number of carbonyl (C=O) groups is 2. The van der Waals surface area contributed by atoms with Gasteiger partial charge >= 0.3 is 0 Å². The third-order valence-electron chi connectivity index (χ3n) is 7.66. The molecule has 3 aromatic rings. The van der Waals surface area contributed by atoms with Crippen LogP contribution < -0.4 is 10.2 Å². The van der Waals surface area contributed by atoms with Crippen molar-refractivity contribution in [2.24, 2.45) is 0 Å². The van der Waals surface area contributed by atoms with Gasteiger partial charge in [-0.25, -0.2) is 9.97 Å². The van der Waals surface area contributed by atoms with Crippen LogP contribution in [0.3, 0.4) is 0 Å². The van der Waals surface area contributed by atoms with Crippen molar-refractivity contribution in [3.63, 3.8) is 0 Å². The van der Waals surface area contributed by atoms with E-state index in [-0.39, 0.29) is 12.5 Å². The number of piperidine rings is 1. The fraction of sp³-hybridized carbons (Fsp3) is 0.387. The van der Waals surface area contributed by atoms with Crippen LogP contribution in [0.15, 0.2) is 60.8 Å². The number of anilines is 1. The van der Waals surface area contributed by atoms with E-state index in [0.717, 1.165) is 81.7 Å². The Bertz CT molecular complexity index is 1320. The number of nitrogens with zero attached hydrogens (tertiary/aromatic N) is 5. The summed E-state index contributed by atoms with van der Waals surface area (Å²) in [6, 6.07) is 20.3. The molecule has 0 radical (unpaired) electrons. The molecule has 2 aliphatic rings. The van der Waals surface area contributed by atoms with E-state index in [1.807, 2.05) is 24.3 Å². The first-order chi connectivity index (χ1) is 19.1. The summed E-state index contributed by atoms with van der Waals surface area (Å²) in [6.45, 7) is 2.92. The highest BCUT2D eigenvalue weighted by atomic mass is 16.2. The van der Waals surface area contributed by atoms with Gasteiger partial charge in [-0.15, -0.1) is 0 Å². The van der Waals surface area contributed by atoms with Gasteiger partial charge in [-0.1, -0.05) is 24.3 Å². The molecule has 0 saturated carbocycles. The lowest BCUT2D eigenvalue weighted by molar-refractivity contribution is -0.130. The summed E-state index contributed by atoms with van der Waals surface area (Å²) >= 11 is 0. The number of amides is 2. The normalized spacial score (nSPS) is 15.8. The second kappa shape index (κ2) is 12.5. The topological polar surface area (TPSA) is 102 Å². The monoisotopic (exact) mass is 522 g/mol. The molecular weight excluding hydrogens is 488 g/mol. The Morgan fingerprint density at radius 2 is 1.77 bits per heavy atom. The van der Waals surface area contributed by atoms with Crippen LogP contribution in [0.2, 0.25) is 0 Å². The predicted molar refractivity (Wildman–Crippen MR) is 150 cm³/mol. The molecule has 2 amide bonds. The quantitative estimate of drug-likeness (QED) is 0.424. The molecule has 3 heterocycles. The molecule has 0 atom stereocenters. The van der Waals surface area contributed by atoms with E-state index in [2.05, 4.69) is 44.4 Å². The fourth-order valence-electron chi connectivity index (χ4n) is 5.51. The second-order valence-electron chi connectivity index (χ2n) is 10.2. The molecule has 2 saturated heterocycles. The van der Waals surface area contributed by atoms with E-state index in [9.17, 15) is 9.59 Å². The number of carbonyl (C=O) groups excluding carboxylic acids is 2. The number of aromatic nitrogens is 2. The highest BCUT2D eigenvalue weighted by molar-refractivity contribution is 5.94. The zero-order valence-electron chi connectivity index (χ0n) is 22.2. The van der Waals surface area contributed by atoms with E-state index in [1.54, 1.807) is 18.3 Å². The van der Waals surface area contributed by atoms with E-state index < -0.39 is 0 Å². The van der Waals surface area contributed by atoms with E-state index in [0.29, 0.717) is 17.5 Å². The zero-order chi connectivity index (χ0) is 27.0. The summed E-state index contributed by atoms with van der Waals surface area (Å²) in [7, 11) is 0. The number of nitrogens with one attached hydrogen (secondary N) is 1. The van der Waals surface area contributed by atoms with Gasteiger partial charge in [-0.05, 0) is 68.0 Å². The Morgan fingerprint density at radius 1 is 1.00 bits per heavy atom. The van der Waals surface area contributed by atoms with Crippen LogP contribution in [-0.2, 0) is 17.6 Å². The molecule has 200 valence electrons. The van der Waals surface area contributed by atoms with Gasteiger partial charge < -0.3 is 15.1 Å². The van der Waals surface area contributed by atoms with Crippen molar-refractivity contribution in [1.82, 2.24) is 20.2 Å². The van der Waals surface area contributed by atoms with Gasteiger partial charge in [0.1, 0.15) is 12.4 Å². The lowest BCUT2D eigenvalue weighted by atomic mass is 10.0. The van der Waals surface area contributed by atoms with Crippen molar-refractivity contribution in [3.05, 3.63) is 77.7 Å². The third kappa shape index (κ3) is 6.61. The molecule has 0 bridgehead atoms. The molecule has 8 nitrogen and oxygen atoms in total. The van der Waals surface area contributed by atoms with Crippen LogP contribution in [0, 0.1) is 11.3 Å². The number of likely N-dealkylation sites (tertiary alicyclic amines) is 1. The third-order valence-corrected chi connectivity index (χ3v) is 7.66. The molecule has 8 heteroatoms. The molecular formula is C31H34N6O2. The van der Waals surface area contributed by atoms with Gasteiger partial charge in [-0.2, -0.15) is 5.26 Å². The Balaban J connectivity index is 1.10. The van der Waals surface area contributed by atoms with Gasteiger partial charge in [-0.3, -0.25) is 9.59 Å². The molecule has 2 aromatic carbocycles. The molecule has 0 spiro atoms. The van der Waals surface area contributed by atoms with Crippen molar-refractivity contribution in [2.45, 2.75) is 51.0 Å². The maximum absolute atomic E-state index is 12.1. The number of hydrogen-bond acceptors (Lipinski definition) is 6. The lowest BCUT2D eigenvalue weighted by Gasteiger charge is -2.37. The van der Waals surface area contributed by atoms with Gasteiger partial charge in [0.25, 0.3) is 5.91 Å². The van der Waals surface area contributed by atoms with E-state index in [1.165, 1.54) is 11.3 Å². The fourth-order valence-corrected chi connectivity index (χ4v) is 5.51. The first-order valence-electron chi connectivity index (χ1n) is 13.8. The van der Waals surface area contributed by atoms with E-state index in [4.69, 9.17) is 10.2 Å². The predicted octanol–water partition coefficient (Wildman–Crippen LogP) is 4.16. The van der Waals surface area contributed by atoms with Crippen molar-refractivity contribution >= 4 is 17.5 Å². The van der Waals surface area contributed by atoms with Crippen molar-refractivity contribution < 1.29 is 9.59 Å². The number of aryl methyl sites for hydroxylation is 2. The average molecular weight is 523 g/mol. The van der Waals surface area contributed by atoms with Crippen LogP contribution in [0.5, 0.6) is 0 Å². The molecule has 0 aliphatic carbocycles. The Labute approximate surface area is 229 Å². The van der Waals surface area contributed by atoms with Crippen molar-refractivity contribution in [1.29, 1.82) is 5.26 Å². The zero-order valence-corrected chi connectivity index (χ0v) is 22.2. The minimum atomic E-state index is -0.265. The summed E-state index contributed by atoms with van der Waals surface area (Å²) in [4.78, 5) is 37.8. The molecule has 5 rings (SSSR count). The number of benzene rings is 2. The Kier molecular flexibility index (Phi) is 8.47. The molecule has 39 heavy (non-hydrogen) atoms. The van der Waals surface area contributed by atoms with Crippen LogP contribution in [0.25, 0.3) is 11.3 Å². The maximum atomic E-state index is 12.1. The summed E-state index contributed by atoms with van der Waals surface area (Å²) in [6.07, 6.45) is 8.31. The molecule has 2 fully saturated rings. The smallest absolute Gasteiger partial charge is 0.252 e. The SMILES string of the molecule is N#CCNC(=O)c1ccc(-c2ccnc(CCCc3ccc(N4CCC(N5CCCC5=O)CC4)cc3)n2)cc1. The van der Waals surface area contributed by atoms with Crippen LogP contribution >= 0.6 is 0 Å². The van der Waals surface area contributed by atoms with Gasteiger partial charge in [0, 0.05) is 61.5 Å². The highest BCUT2D eigenvalue weighted by Gasteiger charge is 2.30. The number of nitriles is 1. The Hall–Kier alpha value is -4.25. The van der Waals surface area contributed by atoms with Gasteiger partial charge in [0.15, 0.2) is 0 Å². The standard InChI is InChI=1S/C31H34N6O2/c32-17-19-34-31(39)25-10-8-24(9-11-25)28-14-18-33-29(35-28)4-1-3-23-6-12-26(13-7-23)36-21-15-27(16-22-36)37-20-2-5-30(37)38/h6-14,18,27H,1-5,15-16,19-22H2,(H,34,39). The van der Waals surface area contributed by atoms with Crippen molar-refractivity contribution in [2.75, 3.05) is 31.1 Å². The van der Waals surface area contributed by atoms with Gasteiger partial charge in [0.05, 0.1) is 11.8 Å². The first-order valence-corrected chi connectivity index (χ1v) is 13.8. The molecule has 1 aromatic heterocycles.